The first-order valence-electron chi connectivity index (χ1n) is 9.77. The number of ether oxygens (including phenoxy) is 1. The van der Waals surface area contributed by atoms with Gasteiger partial charge in [-0.15, -0.1) is 0 Å². The van der Waals surface area contributed by atoms with E-state index in [1.165, 1.54) is 0 Å². The average molecular weight is 382 g/mol. The Hall–Kier alpha value is -2.83. The number of piperidine rings is 1. The molecule has 0 aliphatic carbocycles. The smallest absolute Gasteiger partial charge is 0.258 e. The molecule has 7 heteroatoms. The Morgan fingerprint density at radius 1 is 1.29 bits per heavy atom. The average Bonchev–Trinajstić information content (AvgIpc) is 2.98. The number of aromatic nitrogens is 2. The number of amides is 2. The number of nitrogens with zero attached hydrogens (tertiary/aromatic N) is 3. The molecule has 1 atom stereocenters. The SMILES string of the molecule is Cc1cc(C)n(C[C@@H](C)C(=O)N2CCC3(CC2)NC(=O)c2ccccc2O3)n1. The molecule has 1 spiro atoms. The first-order chi connectivity index (χ1) is 13.4. The summed E-state index contributed by atoms with van der Waals surface area (Å²) >= 11 is 0. The van der Waals surface area contributed by atoms with Crippen molar-refractivity contribution >= 4 is 11.8 Å². The lowest BCUT2D eigenvalue weighted by molar-refractivity contribution is -0.139. The monoisotopic (exact) mass is 382 g/mol. The van der Waals surface area contributed by atoms with Gasteiger partial charge in [0, 0.05) is 31.6 Å². The Labute approximate surface area is 164 Å². The van der Waals surface area contributed by atoms with Gasteiger partial charge in [0.1, 0.15) is 5.75 Å². The van der Waals surface area contributed by atoms with Gasteiger partial charge in [0.15, 0.2) is 5.72 Å². The van der Waals surface area contributed by atoms with Crippen LogP contribution in [-0.2, 0) is 11.3 Å². The minimum absolute atomic E-state index is 0.112. The molecular formula is C21H26N4O3. The van der Waals surface area contributed by atoms with E-state index in [1.54, 1.807) is 6.07 Å². The summed E-state index contributed by atoms with van der Waals surface area (Å²) in [6.07, 6.45) is 1.15. The molecule has 0 unspecified atom stereocenters. The maximum absolute atomic E-state index is 12.9. The van der Waals surface area contributed by atoms with Crippen LogP contribution in [0, 0.1) is 19.8 Å². The maximum atomic E-state index is 12.9. The minimum Gasteiger partial charge on any atom is -0.467 e. The van der Waals surface area contributed by atoms with E-state index >= 15 is 0 Å². The van der Waals surface area contributed by atoms with Crippen LogP contribution >= 0.6 is 0 Å². The summed E-state index contributed by atoms with van der Waals surface area (Å²) in [6.45, 7) is 7.59. The van der Waals surface area contributed by atoms with E-state index in [0.717, 1.165) is 11.4 Å². The molecule has 3 heterocycles. The van der Waals surface area contributed by atoms with E-state index in [-0.39, 0.29) is 17.7 Å². The Morgan fingerprint density at radius 2 is 2.00 bits per heavy atom. The van der Waals surface area contributed by atoms with Crippen LogP contribution in [0.15, 0.2) is 30.3 Å². The van der Waals surface area contributed by atoms with Gasteiger partial charge in [0.25, 0.3) is 5.91 Å². The van der Waals surface area contributed by atoms with Crippen LogP contribution in [0.3, 0.4) is 0 Å². The van der Waals surface area contributed by atoms with Crippen LogP contribution < -0.4 is 10.1 Å². The summed E-state index contributed by atoms with van der Waals surface area (Å²) in [5, 5.41) is 7.47. The van der Waals surface area contributed by atoms with Crippen molar-refractivity contribution in [1.82, 2.24) is 20.0 Å². The number of hydrogen-bond donors (Lipinski definition) is 1. The normalized spacial score (nSPS) is 19.0. The van der Waals surface area contributed by atoms with Crippen molar-refractivity contribution in [2.45, 2.75) is 45.9 Å². The summed E-state index contributed by atoms with van der Waals surface area (Å²) in [5.41, 5.74) is 1.86. The van der Waals surface area contributed by atoms with E-state index < -0.39 is 5.72 Å². The predicted molar refractivity (Wildman–Crippen MR) is 104 cm³/mol. The zero-order chi connectivity index (χ0) is 19.9. The zero-order valence-corrected chi connectivity index (χ0v) is 16.6. The highest BCUT2D eigenvalue weighted by atomic mass is 16.5. The van der Waals surface area contributed by atoms with Crippen molar-refractivity contribution in [2.24, 2.45) is 5.92 Å². The summed E-state index contributed by atoms with van der Waals surface area (Å²) in [6, 6.07) is 9.29. The number of fused-ring (bicyclic) bond motifs is 1. The van der Waals surface area contributed by atoms with E-state index in [0.29, 0.717) is 43.8 Å². The number of benzene rings is 1. The third-order valence-corrected chi connectivity index (χ3v) is 5.63. The molecule has 4 rings (SSSR count). The number of aryl methyl sites for hydroxylation is 2. The molecule has 2 aliphatic rings. The molecular weight excluding hydrogens is 356 g/mol. The molecule has 28 heavy (non-hydrogen) atoms. The number of carbonyl (C=O) groups is 2. The summed E-state index contributed by atoms with van der Waals surface area (Å²) in [4.78, 5) is 27.2. The van der Waals surface area contributed by atoms with Gasteiger partial charge in [-0.2, -0.15) is 5.10 Å². The minimum atomic E-state index is -0.721. The summed E-state index contributed by atoms with van der Waals surface area (Å²) < 4.78 is 8.04. The number of rotatable bonds is 3. The molecule has 1 N–H and O–H groups in total. The zero-order valence-electron chi connectivity index (χ0n) is 16.6. The summed E-state index contributed by atoms with van der Waals surface area (Å²) in [5.74, 6) is 0.461. The molecule has 7 nitrogen and oxygen atoms in total. The number of hydrogen-bond acceptors (Lipinski definition) is 4. The van der Waals surface area contributed by atoms with Gasteiger partial charge in [-0.25, -0.2) is 0 Å². The summed E-state index contributed by atoms with van der Waals surface area (Å²) in [7, 11) is 0. The molecule has 1 fully saturated rings. The van der Waals surface area contributed by atoms with Gasteiger partial charge in [-0.05, 0) is 32.0 Å². The fraction of sp³-hybridized carbons (Fsp3) is 0.476. The Kier molecular flexibility index (Phi) is 4.61. The number of carbonyl (C=O) groups excluding carboxylic acids is 2. The second-order valence-electron chi connectivity index (χ2n) is 7.88. The highest BCUT2D eigenvalue weighted by Crippen LogP contribution is 2.33. The van der Waals surface area contributed by atoms with E-state index in [4.69, 9.17) is 4.74 Å². The second kappa shape index (κ2) is 6.96. The van der Waals surface area contributed by atoms with Gasteiger partial charge in [-0.3, -0.25) is 14.3 Å². The van der Waals surface area contributed by atoms with Gasteiger partial charge in [0.05, 0.1) is 23.7 Å². The van der Waals surface area contributed by atoms with E-state index in [2.05, 4.69) is 10.4 Å². The van der Waals surface area contributed by atoms with Crippen LogP contribution in [0.4, 0.5) is 0 Å². The van der Waals surface area contributed by atoms with E-state index in [1.807, 2.05) is 54.6 Å². The molecule has 0 saturated carbocycles. The molecule has 1 aromatic carbocycles. The molecule has 1 aromatic heterocycles. The molecule has 0 bridgehead atoms. The fourth-order valence-electron chi connectivity index (χ4n) is 4.08. The molecule has 2 aromatic rings. The molecule has 2 amide bonds. The Morgan fingerprint density at radius 3 is 2.68 bits per heavy atom. The number of likely N-dealkylation sites (tertiary alicyclic amines) is 1. The molecule has 148 valence electrons. The van der Waals surface area contributed by atoms with Crippen LogP contribution in [-0.4, -0.2) is 45.3 Å². The van der Waals surface area contributed by atoms with Crippen molar-refractivity contribution in [3.8, 4) is 5.75 Å². The first kappa shape index (κ1) is 18.5. The number of nitrogens with one attached hydrogen (secondary N) is 1. The van der Waals surface area contributed by atoms with Crippen molar-refractivity contribution in [2.75, 3.05) is 13.1 Å². The topological polar surface area (TPSA) is 76.5 Å². The first-order valence-corrected chi connectivity index (χ1v) is 9.77. The van der Waals surface area contributed by atoms with Crippen LogP contribution in [0.5, 0.6) is 5.75 Å². The van der Waals surface area contributed by atoms with Crippen LogP contribution in [0.25, 0.3) is 0 Å². The second-order valence-corrected chi connectivity index (χ2v) is 7.88. The highest BCUT2D eigenvalue weighted by Gasteiger charge is 2.43. The Bertz CT molecular complexity index is 912. The lowest BCUT2D eigenvalue weighted by Crippen LogP contribution is -2.61. The van der Waals surface area contributed by atoms with Crippen molar-refractivity contribution in [3.63, 3.8) is 0 Å². The maximum Gasteiger partial charge on any atom is 0.258 e. The Balaban J connectivity index is 1.39. The van der Waals surface area contributed by atoms with Crippen molar-refractivity contribution in [3.05, 3.63) is 47.3 Å². The molecule has 2 aliphatic heterocycles. The van der Waals surface area contributed by atoms with Crippen molar-refractivity contribution in [1.29, 1.82) is 0 Å². The number of para-hydroxylation sites is 1. The predicted octanol–water partition coefficient (Wildman–Crippen LogP) is 2.28. The third kappa shape index (κ3) is 3.37. The quantitative estimate of drug-likeness (QED) is 0.884. The lowest BCUT2D eigenvalue weighted by Gasteiger charge is -2.44. The van der Waals surface area contributed by atoms with Gasteiger partial charge >= 0.3 is 0 Å². The highest BCUT2D eigenvalue weighted by molar-refractivity contribution is 5.98. The largest absolute Gasteiger partial charge is 0.467 e. The third-order valence-electron chi connectivity index (χ3n) is 5.63. The van der Waals surface area contributed by atoms with Gasteiger partial charge in [0.2, 0.25) is 5.91 Å². The van der Waals surface area contributed by atoms with Gasteiger partial charge < -0.3 is 15.0 Å². The van der Waals surface area contributed by atoms with E-state index in [9.17, 15) is 9.59 Å². The molecule has 1 saturated heterocycles. The van der Waals surface area contributed by atoms with Crippen LogP contribution in [0.2, 0.25) is 0 Å². The van der Waals surface area contributed by atoms with Crippen molar-refractivity contribution < 1.29 is 14.3 Å². The molecule has 0 radical (unpaired) electrons. The lowest BCUT2D eigenvalue weighted by atomic mass is 9.96. The van der Waals surface area contributed by atoms with Crippen LogP contribution in [0.1, 0.15) is 41.5 Å². The van der Waals surface area contributed by atoms with Gasteiger partial charge in [-0.1, -0.05) is 19.1 Å². The standard InChI is InChI=1S/C21H26N4O3/c1-14(13-25-16(3)12-15(2)23-25)20(27)24-10-8-21(9-11-24)22-19(26)17-6-4-5-7-18(17)28-21/h4-7,12,14H,8-11,13H2,1-3H3,(H,22,26)/t14-/m1/s1. The fourth-order valence-corrected chi connectivity index (χ4v) is 4.08.